The Balaban J connectivity index is 2.01. The minimum absolute atomic E-state index is 0.0140. The summed E-state index contributed by atoms with van der Waals surface area (Å²) in [6.07, 6.45) is 6.91. The summed E-state index contributed by atoms with van der Waals surface area (Å²) in [5.41, 5.74) is 5.66. The monoisotopic (exact) mass is 281 g/mol. The van der Waals surface area contributed by atoms with Gasteiger partial charge in [0.05, 0.1) is 16.7 Å². The van der Waals surface area contributed by atoms with Crippen LogP contribution in [0.15, 0.2) is 6.20 Å². The van der Waals surface area contributed by atoms with Gasteiger partial charge < -0.3 is 11.1 Å². The third-order valence-electron chi connectivity index (χ3n) is 3.69. The van der Waals surface area contributed by atoms with E-state index in [2.05, 4.69) is 24.1 Å². The first-order chi connectivity index (χ1) is 9.04. The predicted octanol–water partition coefficient (Wildman–Crippen LogP) is 2.34. The molecular formula is C14H23N3OS. The van der Waals surface area contributed by atoms with E-state index in [1.54, 1.807) is 6.20 Å². The molecule has 5 heteroatoms. The zero-order chi connectivity index (χ0) is 13.9. The molecule has 0 spiro atoms. The fourth-order valence-electron chi connectivity index (χ4n) is 2.59. The first kappa shape index (κ1) is 14.5. The van der Waals surface area contributed by atoms with Gasteiger partial charge in [0.2, 0.25) is 0 Å². The van der Waals surface area contributed by atoms with Crippen LogP contribution in [-0.4, -0.2) is 23.0 Å². The number of nitrogens with two attached hydrogens (primary N) is 1. The lowest BCUT2D eigenvalue weighted by Gasteiger charge is -2.28. The van der Waals surface area contributed by atoms with E-state index in [4.69, 9.17) is 5.73 Å². The van der Waals surface area contributed by atoms with Gasteiger partial charge >= 0.3 is 0 Å². The molecule has 0 atom stereocenters. The van der Waals surface area contributed by atoms with E-state index in [1.807, 2.05) is 0 Å². The zero-order valence-electron chi connectivity index (χ0n) is 11.7. The second-order valence-electron chi connectivity index (χ2n) is 5.86. The van der Waals surface area contributed by atoms with Crippen molar-refractivity contribution in [2.75, 3.05) is 6.54 Å². The summed E-state index contributed by atoms with van der Waals surface area (Å²) in [5, 5.41) is 4.17. The van der Waals surface area contributed by atoms with Crippen molar-refractivity contribution in [3.05, 3.63) is 16.1 Å². The van der Waals surface area contributed by atoms with E-state index in [0.717, 1.165) is 37.1 Å². The Labute approximate surface area is 118 Å². The molecule has 1 aliphatic rings. The van der Waals surface area contributed by atoms with Crippen molar-refractivity contribution in [2.24, 2.45) is 11.7 Å². The van der Waals surface area contributed by atoms with Crippen LogP contribution in [0.5, 0.6) is 0 Å². The zero-order valence-corrected chi connectivity index (χ0v) is 12.6. The number of hydrogen-bond donors (Lipinski definition) is 2. The Morgan fingerprint density at radius 2 is 2.21 bits per heavy atom. The number of rotatable bonds is 5. The molecule has 1 aromatic heterocycles. The van der Waals surface area contributed by atoms with Gasteiger partial charge in [-0.15, -0.1) is 11.3 Å². The maximum absolute atomic E-state index is 12.3. The highest BCUT2D eigenvalue weighted by Crippen LogP contribution is 2.29. The number of hydrogen-bond acceptors (Lipinski definition) is 4. The van der Waals surface area contributed by atoms with Crippen LogP contribution in [0, 0.1) is 5.92 Å². The number of aromatic nitrogens is 1. The SMILES string of the molecule is CC(C)Cc1ncc(C(=O)NC2(CN)CCCC2)s1. The molecule has 2 rings (SSSR count). The summed E-state index contributed by atoms with van der Waals surface area (Å²) < 4.78 is 0. The van der Waals surface area contributed by atoms with E-state index in [9.17, 15) is 4.79 Å². The largest absolute Gasteiger partial charge is 0.345 e. The van der Waals surface area contributed by atoms with E-state index in [-0.39, 0.29) is 11.4 Å². The molecule has 1 aromatic rings. The van der Waals surface area contributed by atoms with E-state index < -0.39 is 0 Å². The van der Waals surface area contributed by atoms with Gasteiger partial charge in [-0.05, 0) is 18.8 Å². The van der Waals surface area contributed by atoms with Gasteiger partial charge in [-0.1, -0.05) is 26.7 Å². The van der Waals surface area contributed by atoms with Crippen LogP contribution >= 0.6 is 11.3 Å². The summed E-state index contributed by atoms with van der Waals surface area (Å²) in [6, 6.07) is 0. The van der Waals surface area contributed by atoms with E-state index in [0.29, 0.717) is 17.3 Å². The van der Waals surface area contributed by atoms with Crippen LogP contribution in [0.3, 0.4) is 0 Å². The Hall–Kier alpha value is -0.940. The van der Waals surface area contributed by atoms with Crippen LogP contribution in [0.4, 0.5) is 0 Å². The van der Waals surface area contributed by atoms with Gasteiger partial charge in [-0.25, -0.2) is 4.98 Å². The summed E-state index contributed by atoms with van der Waals surface area (Å²) in [6.45, 7) is 4.84. The van der Waals surface area contributed by atoms with Crippen molar-refractivity contribution in [2.45, 2.75) is 51.5 Å². The third kappa shape index (κ3) is 3.54. The van der Waals surface area contributed by atoms with Gasteiger partial charge in [-0.3, -0.25) is 4.79 Å². The Morgan fingerprint density at radius 3 is 2.79 bits per heavy atom. The van der Waals surface area contributed by atoms with E-state index >= 15 is 0 Å². The molecule has 0 bridgehead atoms. The number of nitrogens with zero attached hydrogens (tertiary/aromatic N) is 1. The molecule has 1 aliphatic carbocycles. The third-order valence-corrected chi connectivity index (χ3v) is 4.71. The quantitative estimate of drug-likeness (QED) is 0.870. The Kier molecular flexibility index (Phi) is 4.58. The first-order valence-corrected chi connectivity index (χ1v) is 7.83. The van der Waals surface area contributed by atoms with Crippen LogP contribution < -0.4 is 11.1 Å². The molecule has 1 heterocycles. The molecule has 4 nitrogen and oxygen atoms in total. The Bertz CT molecular complexity index is 436. The van der Waals surface area contributed by atoms with Crippen molar-refractivity contribution in [1.82, 2.24) is 10.3 Å². The van der Waals surface area contributed by atoms with Crippen molar-refractivity contribution in [3.63, 3.8) is 0 Å². The fourth-order valence-corrected chi connectivity index (χ4v) is 3.62. The minimum atomic E-state index is -0.181. The van der Waals surface area contributed by atoms with Crippen LogP contribution in [0.25, 0.3) is 0 Å². The summed E-state index contributed by atoms with van der Waals surface area (Å²) in [7, 11) is 0. The van der Waals surface area contributed by atoms with Crippen molar-refractivity contribution >= 4 is 17.2 Å². The molecule has 1 amide bonds. The normalized spacial score (nSPS) is 17.9. The number of nitrogens with one attached hydrogen (secondary N) is 1. The smallest absolute Gasteiger partial charge is 0.263 e. The average Bonchev–Trinajstić information content (AvgIpc) is 2.98. The average molecular weight is 281 g/mol. The number of thiazole rings is 1. The summed E-state index contributed by atoms with van der Waals surface area (Å²) in [5.74, 6) is 0.548. The summed E-state index contributed by atoms with van der Waals surface area (Å²) in [4.78, 5) is 17.3. The van der Waals surface area contributed by atoms with Gasteiger partial charge in [0.15, 0.2) is 0 Å². The highest BCUT2D eigenvalue weighted by Gasteiger charge is 2.34. The molecule has 0 saturated heterocycles. The minimum Gasteiger partial charge on any atom is -0.345 e. The van der Waals surface area contributed by atoms with Crippen LogP contribution in [0.1, 0.15) is 54.2 Å². The van der Waals surface area contributed by atoms with Crippen molar-refractivity contribution in [3.8, 4) is 0 Å². The van der Waals surface area contributed by atoms with Gasteiger partial charge in [-0.2, -0.15) is 0 Å². The molecule has 1 saturated carbocycles. The lowest BCUT2D eigenvalue weighted by molar-refractivity contribution is 0.0907. The number of carbonyl (C=O) groups is 1. The molecular weight excluding hydrogens is 258 g/mol. The van der Waals surface area contributed by atoms with Crippen molar-refractivity contribution in [1.29, 1.82) is 0 Å². The molecule has 0 aliphatic heterocycles. The number of amides is 1. The van der Waals surface area contributed by atoms with Crippen LogP contribution in [0.2, 0.25) is 0 Å². The second kappa shape index (κ2) is 6.01. The Morgan fingerprint density at radius 1 is 1.53 bits per heavy atom. The fraction of sp³-hybridized carbons (Fsp3) is 0.714. The van der Waals surface area contributed by atoms with Gasteiger partial charge in [0.25, 0.3) is 5.91 Å². The van der Waals surface area contributed by atoms with Gasteiger partial charge in [0, 0.05) is 13.0 Å². The highest BCUT2D eigenvalue weighted by molar-refractivity contribution is 7.13. The lowest BCUT2D eigenvalue weighted by atomic mass is 9.98. The highest BCUT2D eigenvalue weighted by atomic mass is 32.1. The second-order valence-corrected chi connectivity index (χ2v) is 6.98. The predicted molar refractivity (Wildman–Crippen MR) is 78.4 cm³/mol. The molecule has 106 valence electrons. The molecule has 0 radical (unpaired) electrons. The molecule has 1 fully saturated rings. The maximum Gasteiger partial charge on any atom is 0.263 e. The molecule has 3 N–H and O–H groups in total. The molecule has 19 heavy (non-hydrogen) atoms. The summed E-state index contributed by atoms with van der Waals surface area (Å²) >= 11 is 1.50. The first-order valence-electron chi connectivity index (χ1n) is 7.02. The maximum atomic E-state index is 12.3. The molecule has 0 aromatic carbocycles. The molecule has 0 unspecified atom stereocenters. The van der Waals surface area contributed by atoms with Gasteiger partial charge in [0.1, 0.15) is 4.88 Å². The standard InChI is InChI=1S/C14H23N3OS/c1-10(2)7-12-16-8-11(19-12)13(18)17-14(9-15)5-3-4-6-14/h8,10H,3-7,9,15H2,1-2H3,(H,17,18). The number of carbonyl (C=O) groups excluding carboxylic acids is 1. The topological polar surface area (TPSA) is 68.0 Å². The van der Waals surface area contributed by atoms with Crippen LogP contribution in [-0.2, 0) is 6.42 Å². The van der Waals surface area contributed by atoms with E-state index in [1.165, 1.54) is 11.3 Å². The lowest BCUT2D eigenvalue weighted by Crippen LogP contribution is -2.51. The van der Waals surface area contributed by atoms with Crippen molar-refractivity contribution < 1.29 is 4.79 Å².